The summed E-state index contributed by atoms with van der Waals surface area (Å²) in [5, 5.41) is 9.70. The highest BCUT2D eigenvalue weighted by Gasteiger charge is 2.61. The smallest absolute Gasteiger partial charge is 0.331 e. The Morgan fingerprint density at radius 3 is 2.80 bits per heavy atom. The molecule has 0 aromatic carbocycles. The number of ether oxygens (including phenoxy) is 1. The van der Waals surface area contributed by atoms with Crippen molar-refractivity contribution in [3.63, 3.8) is 0 Å². The number of furan rings is 1. The van der Waals surface area contributed by atoms with Crippen LogP contribution in [0.1, 0.15) is 57.6 Å². The first kappa shape index (κ1) is 16.4. The lowest BCUT2D eigenvalue weighted by atomic mass is 9.45. The van der Waals surface area contributed by atoms with E-state index in [1.807, 2.05) is 12.1 Å². The van der Waals surface area contributed by atoms with E-state index in [-0.39, 0.29) is 34.7 Å². The predicted octanol–water partition coefficient (Wildman–Crippen LogP) is 4.11. The zero-order valence-electron chi connectivity index (χ0n) is 14.7. The molecule has 0 radical (unpaired) electrons. The third-order valence-electron chi connectivity index (χ3n) is 7.05. The SMILES string of the molecule is C[C@@]12C[C@@H](c3ccoc3)OC(=O)[C@H]1CC[C@@]1(C)C(C(=O)O)=CCC[C@@H]21. The van der Waals surface area contributed by atoms with E-state index in [0.717, 1.165) is 31.2 Å². The Morgan fingerprint density at radius 2 is 2.12 bits per heavy atom. The van der Waals surface area contributed by atoms with Crippen molar-refractivity contribution in [3.8, 4) is 0 Å². The topological polar surface area (TPSA) is 76.7 Å². The molecule has 25 heavy (non-hydrogen) atoms. The van der Waals surface area contributed by atoms with Gasteiger partial charge in [0.2, 0.25) is 0 Å². The van der Waals surface area contributed by atoms with Crippen LogP contribution in [0.15, 0.2) is 34.7 Å². The molecule has 2 aliphatic carbocycles. The normalized spacial score (nSPS) is 40.5. The van der Waals surface area contributed by atoms with Crippen molar-refractivity contribution < 1.29 is 23.8 Å². The van der Waals surface area contributed by atoms with Crippen LogP contribution in [0.2, 0.25) is 0 Å². The molecule has 5 atom stereocenters. The van der Waals surface area contributed by atoms with Crippen molar-refractivity contribution in [1.82, 2.24) is 0 Å². The summed E-state index contributed by atoms with van der Waals surface area (Å²) in [6, 6.07) is 1.84. The molecule has 1 aromatic heterocycles. The van der Waals surface area contributed by atoms with Crippen molar-refractivity contribution in [3.05, 3.63) is 35.8 Å². The van der Waals surface area contributed by atoms with Crippen LogP contribution in [0.3, 0.4) is 0 Å². The average Bonchev–Trinajstić information content (AvgIpc) is 3.07. The third-order valence-corrected chi connectivity index (χ3v) is 7.05. The van der Waals surface area contributed by atoms with Gasteiger partial charge in [-0.3, -0.25) is 4.79 Å². The molecular formula is C20H24O5. The maximum Gasteiger partial charge on any atom is 0.331 e. The van der Waals surface area contributed by atoms with Gasteiger partial charge in [0.05, 0.1) is 18.4 Å². The highest BCUT2D eigenvalue weighted by Crippen LogP contribution is 2.64. The second-order valence-electron chi connectivity index (χ2n) is 8.25. The molecule has 0 bridgehead atoms. The van der Waals surface area contributed by atoms with Gasteiger partial charge in [0.1, 0.15) is 6.10 Å². The van der Waals surface area contributed by atoms with Crippen molar-refractivity contribution in [1.29, 1.82) is 0 Å². The van der Waals surface area contributed by atoms with Gasteiger partial charge in [-0.25, -0.2) is 4.79 Å². The summed E-state index contributed by atoms with van der Waals surface area (Å²) >= 11 is 0. The van der Waals surface area contributed by atoms with Gasteiger partial charge in [-0.05, 0) is 49.5 Å². The fourth-order valence-corrected chi connectivity index (χ4v) is 5.83. The van der Waals surface area contributed by atoms with Crippen molar-refractivity contribution in [2.75, 3.05) is 0 Å². The Morgan fingerprint density at radius 1 is 1.32 bits per heavy atom. The number of carbonyl (C=O) groups excluding carboxylic acids is 1. The maximum atomic E-state index is 12.7. The Balaban J connectivity index is 1.74. The monoisotopic (exact) mass is 344 g/mol. The molecule has 1 saturated heterocycles. The average molecular weight is 344 g/mol. The molecular weight excluding hydrogens is 320 g/mol. The molecule has 0 spiro atoms. The second-order valence-corrected chi connectivity index (χ2v) is 8.25. The summed E-state index contributed by atoms with van der Waals surface area (Å²) in [7, 11) is 0. The Labute approximate surface area is 147 Å². The molecule has 1 aromatic rings. The van der Waals surface area contributed by atoms with E-state index in [0.29, 0.717) is 12.0 Å². The number of cyclic esters (lactones) is 1. The van der Waals surface area contributed by atoms with E-state index in [1.165, 1.54) is 0 Å². The standard InChI is InChI=1S/C20H24O5/c1-19-8-6-14-18(23)25-15(12-7-9-24-11-12)10-20(14,2)16(19)5-3-4-13(19)17(21)22/h4,7,9,11,14-16H,3,5-6,8,10H2,1-2H3,(H,21,22)/t14-,15+,16-,19+,20-/m1/s1. The summed E-state index contributed by atoms with van der Waals surface area (Å²) in [5.74, 6) is -0.952. The van der Waals surface area contributed by atoms with Gasteiger partial charge in [-0.15, -0.1) is 0 Å². The van der Waals surface area contributed by atoms with E-state index < -0.39 is 5.97 Å². The largest absolute Gasteiger partial charge is 0.478 e. The fraction of sp³-hybridized carbons (Fsp3) is 0.600. The molecule has 0 unspecified atom stereocenters. The Kier molecular flexibility index (Phi) is 3.60. The lowest BCUT2D eigenvalue weighted by Gasteiger charge is -2.59. The number of carbonyl (C=O) groups is 2. The van der Waals surface area contributed by atoms with Gasteiger partial charge in [-0.1, -0.05) is 19.9 Å². The number of fused-ring (bicyclic) bond motifs is 3. The van der Waals surface area contributed by atoms with Gasteiger partial charge >= 0.3 is 11.9 Å². The van der Waals surface area contributed by atoms with Gasteiger partial charge in [-0.2, -0.15) is 0 Å². The molecule has 3 aliphatic rings. The summed E-state index contributed by atoms with van der Waals surface area (Å²) in [6.07, 6.45) is 8.61. The minimum atomic E-state index is -0.820. The molecule has 2 fully saturated rings. The molecule has 5 heteroatoms. The number of carboxylic acid groups (broad SMARTS) is 1. The number of hydrogen-bond acceptors (Lipinski definition) is 4. The van der Waals surface area contributed by atoms with E-state index in [2.05, 4.69) is 13.8 Å². The van der Waals surface area contributed by atoms with E-state index in [1.54, 1.807) is 12.5 Å². The predicted molar refractivity (Wildman–Crippen MR) is 89.5 cm³/mol. The van der Waals surface area contributed by atoms with Crippen LogP contribution in [-0.4, -0.2) is 17.0 Å². The molecule has 134 valence electrons. The van der Waals surface area contributed by atoms with Gasteiger partial charge in [0.25, 0.3) is 0 Å². The molecule has 5 nitrogen and oxygen atoms in total. The van der Waals surface area contributed by atoms with Gasteiger partial charge in [0, 0.05) is 16.6 Å². The number of rotatable bonds is 2. The Hall–Kier alpha value is -2.04. The molecule has 0 amide bonds. The first-order valence-electron chi connectivity index (χ1n) is 9.03. The number of aliphatic carboxylic acids is 1. The van der Waals surface area contributed by atoms with Crippen molar-refractivity contribution in [2.45, 2.75) is 52.1 Å². The highest BCUT2D eigenvalue weighted by molar-refractivity contribution is 5.88. The van der Waals surface area contributed by atoms with Crippen molar-refractivity contribution in [2.24, 2.45) is 22.7 Å². The molecule has 4 rings (SSSR count). The quantitative estimate of drug-likeness (QED) is 0.817. The first-order valence-corrected chi connectivity index (χ1v) is 9.03. The number of carboxylic acids is 1. The lowest BCUT2D eigenvalue weighted by Crippen LogP contribution is -2.56. The van der Waals surface area contributed by atoms with Crippen molar-refractivity contribution >= 4 is 11.9 Å². The molecule has 1 N–H and O–H groups in total. The van der Waals surface area contributed by atoms with Crippen LogP contribution in [-0.2, 0) is 14.3 Å². The zero-order valence-corrected chi connectivity index (χ0v) is 14.7. The highest BCUT2D eigenvalue weighted by atomic mass is 16.5. The lowest BCUT2D eigenvalue weighted by molar-refractivity contribution is -0.190. The summed E-state index contributed by atoms with van der Waals surface area (Å²) in [6.45, 7) is 4.24. The summed E-state index contributed by atoms with van der Waals surface area (Å²) in [4.78, 5) is 24.6. The maximum absolute atomic E-state index is 12.7. The third kappa shape index (κ3) is 2.28. The fourth-order valence-electron chi connectivity index (χ4n) is 5.83. The van der Waals surface area contributed by atoms with Crippen LogP contribution in [0, 0.1) is 22.7 Å². The van der Waals surface area contributed by atoms with Crippen LogP contribution < -0.4 is 0 Å². The first-order chi connectivity index (χ1) is 11.9. The molecule has 2 heterocycles. The summed E-state index contributed by atoms with van der Waals surface area (Å²) < 4.78 is 10.9. The summed E-state index contributed by atoms with van der Waals surface area (Å²) in [5.41, 5.74) is 0.764. The van der Waals surface area contributed by atoms with E-state index in [9.17, 15) is 14.7 Å². The minimum Gasteiger partial charge on any atom is -0.478 e. The van der Waals surface area contributed by atoms with E-state index >= 15 is 0 Å². The minimum absolute atomic E-state index is 0.145. The number of allylic oxidation sites excluding steroid dienone is 1. The van der Waals surface area contributed by atoms with Crippen LogP contribution in [0.5, 0.6) is 0 Å². The number of esters is 1. The van der Waals surface area contributed by atoms with Gasteiger partial charge < -0.3 is 14.3 Å². The van der Waals surface area contributed by atoms with Crippen LogP contribution in [0.4, 0.5) is 0 Å². The van der Waals surface area contributed by atoms with Crippen LogP contribution in [0.25, 0.3) is 0 Å². The second kappa shape index (κ2) is 5.48. The Bertz CT molecular complexity index is 733. The van der Waals surface area contributed by atoms with Crippen LogP contribution >= 0.6 is 0 Å². The number of hydrogen-bond donors (Lipinski definition) is 1. The van der Waals surface area contributed by atoms with E-state index in [4.69, 9.17) is 9.15 Å². The van der Waals surface area contributed by atoms with Gasteiger partial charge in [0.15, 0.2) is 0 Å². The molecule has 1 saturated carbocycles. The molecule has 1 aliphatic heterocycles. The zero-order chi connectivity index (χ0) is 17.8.